The third kappa shape index (κ3) is 4.12. The summed E-state index contributed by atoms with van der Waals surface area (Å²) in [6.45, 7) is 0.275. The van der Waals surface area contributed by atoms with Gasteiger partial charge in [-0.25, -0.2) is 5.48 Å². The van der Waals surface area contributed by atoms with E-state index in [-0.39, 0.29) is 18.7 Å². The minimum Gasteiger partial charge on any atom is -0.376 e. The summed E-state index contributed by atoms with van der Waals surface area (Å²) in [5, 5.41) is 1.33. The second kappa shape index (κ2) is 6.73. The Hall–Kier alpha value is -1.84. The number of nitrogens with one attached hydrogen (secondary N) is 1. The molecule has 0 unspecified atom stereocenters. The maximum atomic E-state index is 12.5. The van der Waals surface area contributed by atoms with Crippen LogP contribution in [-0.4, -0.2) is 27.6 Å². The third-order valence-corrected chi connectivity index (χ3v) is 4.02. The molecule has 5 nitrogen and oxygen atoms in total. The highest BCUT2D eigenvalue weighted by atomic mass is 32.2. The van der Waals surface area contributed by atoms with E-state index in [1.54, 1.807) is 30.3 Å². The summed E-state index contributed by atoms with van der Waals surface area (Å²) in [6, 6.07) is 9.75. The van der Waals surface area contributed by atoms with Gasteiger partial charge in [-0.2, -0.15) is 21.6 Å². The standard InChI is InChI=1S/C14H14F3NO4S/c1-21-18-7-6-12-8-10-4-2-3-5-11(10)9-13(12)22-23(19,20)14(15,16)17/h2-5,8-9,18H,6-7H2,1H3. The van der Waals surface area contributed by atoms with Gasteiger partial charge in [0.15, 0.2) is 0 Å². The van der Waals surface area contributed by atoms with E-state index in [9.17, 15) is 21.6 Å². The SMILES string of the molecule is CONCCc1cc2ccccc2cc1OS(=O)(=O)C(F)(F)F. The van der Waals surface area contributed by atoms with Crippen molar-refractivity contribution in [1.82, 2.24) is 5.48 Å². The van der Waals surface area contributed by atoms with Crippen LogP contribution in [0.15, 0.2) is 36.4 Å². The first-order valence-electron chi connectivity index (χ1n) is 6.53. The molecule has 23 heavy (non-hydrogen) atoms. The van der Waals surface area contributed by atoms with E-state index in [1.165, 1.54) is 13.2 Å². The topological polar surface area (TPSA) is 64.6 Å². The normalized spacial score (nSPS) is 12.5. The van der Waals surface area contributed by atoms with Crippen LogP contribution in [-0.2, 0) is 21.4 Å². The van der Waals surface area contributed by atoms with E-state index < -0.39 is 15.6 Å². The van der Waals surface area contributed by atoms with Gasteiger partial charge in [0.1, 0.15) is 5.75 Å². The van der Waals surface area contributed by atoms with Crippen molar-refractivity contribution in [3.05, 3.63) is 42.0 Å². The second-order valence-electron chi connectivity index (χ2n) is 4.64. The zero-order valence-corrected chi connectivity index (χ0v) is 12.9. The molecule has 0 aliphatic rings. The minimum atomic E-state index is -5.72. The minimum absolute atomic E-state index is 0.224. The summed E-state index contributed by atoms with van der Waals surface area (Å²) < 4.78 is 64.4. The molecule has 2 aromatic rings. The van der Waals surface area contributed by atoms with E-state index in [0.29, 0.717) is 10.9 Å². The van der Waals surface area contributed by atoms with Gasteiger partial charge in [0.25, 0.3) is 0 Å². The van der Waals surface area contributed by atoms with E-state index in [4.69, 9.17) is 0 Å². The fraction of sp³-hybridized carbons (Fsp3) is 0.286. The molecule has 0 radical (unpaired) electrons. The Balaban J connectivity index is 2.44. The Labute approximate surface area is 131 Å². The number of fused-ring (bicyclic) bond motifs is 1. The van der Waals surface area contributed by atoms with Crippen LogP contribution >= 0.6 is 0 Å². The molecule has 9 heteroatoms. The van der Waals surface area contributed by atoms with Crippen molar-refractivity contribution in [3.8, 4) is 5.75 Å². The van der Waals surface area contributed by atoms with Crippen LogP contribution < -0.4 is 9.66 Å². The van der Waals surface area contributed by atoms with Gasteiger partial charge in [-0.1, -0.05) is 24.3 Å². The lowest BCUT2D eigenvalue weighted by atomic mass is 10.0. The molecule has 0 fully saturated rings. The lowest BCUT2D eigenvalue weighted by molar-refractivity contribution is -0.0500. The van der Waals surface area contributed by atoms with E-state index in [1.807, 2.05) is 0 Å². The number of hydrogen-bond donors (Lipinski definition) is 1. The van der Waals surface area contributed by atoms with Gasteiger partial charge in [0, 0.05) is 6.54 Å². The van der Waals surface area contributed by atoms with Crippen LogP contribution in [0.25, 0.3) is 10.8 Å². The monoisotopic (exact) mass is 349 g/mol. The first kappa shape index (κ1) is 17.5. The average Bonchev–Trinajstić information content (AvgIpc) is 2.46. The number of hydroxylamine groups is 1. The molecule has 0 bridgehead atoms. The van der Waals surface area contributed by atoms with Gasteiger partial charge in [-0.3, -0.25) is 0 Å². The van der Waals surface area contributed by atoms with Crippen LogP contribution in [0.4, 0.5) is 13.2 Å². The number of benzene rings is 2. The number of rotatable bonds is 6. The summed E-state index contributed by atoms with van der Waals surface area (Å²) in [7, 11) is -4.33. The summed E-state index contributed by atoms with van der Waals surface area (Å²) >= 11 is 0. The molecule has 2 aromatic carbocycles. The van der Waals surface area contributed by atoms with Crippen molar-refractivity contribution in [3.63, 3.8) is 0 Å². The van der Waals surface area contributed by atoms with E-state index >= 15 is 0 Å². The highest BCUT2D eigenvalue weighted by Gasteiger charge is 2.48. The summed E-state index contributed by atoms with van der Waals surface area (Å²) in [5.41, 5.74) is -2.63. The molecule has 0 atom stereocenters. The number of hydrogen-bond acceptors (Lipinski definition) is 5. The Morgan fingerprint density at radius 3 is 2.30 bits per heavy atom. The molecular formula is C14H14F3NO4S. The highest BCUT2D eigenvalue weighted by molar-refractivity contribution is 7.88. The molecule has 0 aromatic heterocycles. The van der Waals surface area contributed by atoms with Crippen LogP contribution in [0.5, 0.6) is 5.75 Å². The summed E-state index contributed by atoms with van der Waals surface area (Å²) in [5.74, 6) is -0.348. The molecule has 0 spiro atoms. The Morgan fingerprint density at radius 1 is 1.13 bits per heavy atom. The predicted molar refractivity (Wildman–Crippen MR) is 78.3 cm³/mol. The Morgan fingerprint density at radius 2 is 1.74 bits per heavy atom. The van der Waals surface area contributed by atoms with Gasteiger partial charge in [-0.15, -0.1) is 0 Å². The largest absolute Gasteiger partial charge is 0.534 e. The predicted octanol–water partition coefficient (Wildman–Crippen LogP) is 2.76. The molecule has 0 saturated carbocycles. The molecule has 2 rings (SSSR count). The Bertz CT molecular complexity index is 790. The van der Waals surface area contributed by atoms with Crippen molar-refractivity contribution in [2.75, 3.05) is 13.7 Å². The van der Waals surface area contributed by atoms with Gasteiger partial charge < -0.3 is 9.02 Å². The molecular weight excluding hydrogens is 335 g/mol. The van der Waals surface area contributed by atoms with Crippen LogP contribution in [0, 0.1) is 0 Å². The van der Waals surface area contributed by atoms with Gasteiger partial charge in [0.05, 0.1) is 7.11 Å². The fourth-order valence-electron chi connectivity index (χ4n) is 1.99. The zero-order valence-electron chi connectivity index (χ0n) is 12.1. The first-order valence-corrected chi connectivity index (χ1v) is 7.93. The quantitative estimate of drug-likeness (QED) is 0.376. The van der Waals surface area contributed by atoms with Crippen molar-refractivity contribution in [1.29, 1.82) is 0 Å². The molecule has 0 aliphatic carbocycles. The van der Waals surface area contributed by atoms with E-state index in [2.05, 4.69) is 14.5 Å². The average molecular weight is 349 g/mol. The second-order valence-corrected chi connectivity index (χ2v) is 6.18. The summed E-state index contributed by atoms with van der Waals surface area (Å²) in [4.78, 5) is 4.66. The highest BCUT2D eigenvalue weighted by Crippen LogP contribution is 2.32. The van der Waals surface area contributed by atoms with E-state index in [0.717, 1.165) is 5.39 Å². The van der Waals surface area contributed by atoms with Crippen LogP contribution in [0.2, 0.25) is 0 Å². The molecule has 1 N–H and O–H groups in total. The molecule has 0 saturated heterocycles. The fourth-order valence-corrected chi connectivity index (χ4v) is 2.48. The van der Waals surface area contributed by atoms with Crippen LogP contribution in [0.1, 0.15) is 5.56 Å². The zero-order chi connectivity index (χ0) is 17.1. The van der Waals surface area contributed by atoms with Crippen molar-refractivity contribution >= 4 is 20.9 Å². The lowest BCUT2D eigenvalue weighted by Crippen LogP contribution is -2.28. The van der Waals surface area contributed by atoms with Crippen molar-refractivity contribution in [2.45, 2.75) is 11.9 Å². The van der Waals surface area contributed by atoms with Gasteiger partial charge in [0.2, 0.25) is 0 Å². The Kier molecular flexibility index (Phi) is 5.12. The van der Waals surface area contributed by atoms with Crippen molar-refractivity contribution < 1.29 is 30.6 Å². The maximum Gasteiger partial charge on any atom is 0.534 e. The summed E-state index contributed by atoms with van der Waals surface area (Å²) in [6.07, 6.45) is 0.224. The van der Waals surface area contributed by atoms with Gasteiger partial charge in [-0.05, 0) is 34.9 Å². The van der Waals surface area contributed by atoms with Crippen molar-refractivity contribution in [2.24, 2.45) is 0 Å². The third-order valence-electron chi connectivity index (χ3n) is 3.05. The molecule has 0 amide bonds. The smallest absolute Gasteiger partial charge is 0.376 e. The molecule has 0 heterocycles. The molecule has 0 aliphatic heterocycles. The number of alkyl halides is 3. The van der Waals surface area contributed by atoms with Crippen LogP contribution in [0.3, 0.4) is 0 Å². The molecule has 126 valence electrons. The first-order chi connectivity index (χ1) is 10.7. The maximum absolute atomic E-state index is 12.5. The number of halogens is 3. The lowest BCUT2D eigenvalue weighted by Gasteiger charge is -2.14. The van der Waals surface area contributed by atoms with Gasteiger partial charge >= 0.3 is 15.6 Å².